The Labute approximate surface area is 158 Å². The van der Waals surface area contributed by atoms with Crippen LogP contribution in [0.2, 0.25) is 0 Å². The lowest BCUT2D eigenvalue weighted by Crippen LogP contribution is -2.14. The second-order valence-electron chi connectivity index (χ2n) is 6.02. The average molecular weight is 388 g/mol. The fraction of sp³-hybridized carbons (Fsp3) is 0.211. The summed E-state index contributed by atoms with van der Waals surface area (Å²) in [5, 5.41) is 3.85. The SMILES string of the molecule is COc1cc(NS(=O)(=O)c2cc(-c3cc(C)no3)ccc2C)cc(OC)c1. The molecule has 3 rings (SSSR count). The van der Waals surface area contributed by atoms with Crippen molar-refractivity contribution in [3.63, 3.8) is 0 Å². The van der Waals surface area contributed by atoms with Gasteiger partial charge in [0.2, 0.25) is 0 Å². The van der Waals surface area contributed by atoms with Gasteiger partial charge in [0.05, 0.1) is 30.5 Å². The normalized spacial score (nSPS) is 11.3. The standard InChI is InChI=1S/C19H20N2O5S/c1-12-5-6-14(18-7-13(2)20-26-18)8-19(12)27(22,23)21-15-9-16(24-3)11-17(10-15)25-4/h5-11,21H,1-4H3. The number of aromatic nitrogens is 1. The first kappa shape index (κ1) is 18.8. The molecule has 0 spiro atoms. The van der Waals surface area contributed by atoms with Crippen LogP contribution in [0, 0.1) is 13.8 Å². The van der Waals surface area contributed by atoms with E-state index in [1.54, 1.807) is 56.3 Å². The smallest absolute Gasteiger partial charge is 0.262 e. The molecular formula is C19H20N2O5S. The summed E-state index contributed by atoms with van der Waals surface area (Å²) in [5.41, 5.74) is 2.30. The summed E-state index contributed by atoms with van der Waals surface area (Å²) < 4.78 is 44.1. The molecule has 1 N–H and O–H groups in total. The Bertz CT molecular complexity index is 1050. The van der Waals surface area contributed by atoms with E-state index in [2.05, 4.69) is 9.88 Å². The van der Waals surface area contributed by atoms with Crippen molar-refractivity contribution >= 4 is 15.7 Å². The van der Waals surface area contributed by atoms with Crippen molar-refractivity contribution in [3.8, 4) is 22.8 Å². The quantitative estimate of drug-likeness (QED) is 0.691. The molecule has 0 bridgehead atoms. The van der Waals surface area contributed by atoms with Crippen LogP contribution < -0.4 is 14.2 Å². The largest absolute Gasteiger partial charge is 0.497 e. The molecule has 7 nitrogen and oxygen atoms in total. The maximum atomic E-state index is 13.0. The minimum atomic E-state index is -3.84. The third-order valence-electron chi connectivity index (χ3n) is 3.99. The summed E-state index contributed by atoms with van der Waals surface area (Å²) in [6, 6.07) is 11.7. The average Bonchev–Trinajstić information content (AvgIpc) is 3.07. The summed E-state index contributed by atoms with van der Waals surface area (Å²) >= 11 is 0. The van der Waals surface area contributed by atoms with Gasteiger partial charge in [-0.1, -0.05) is 17.3 Å². The first-order valence-electron chi connectivity index (χ1n) is 8.12. The molecule has 0 aliphatic rings. The van der Waals surface area contributed by atoms with Gasteiger partial charge in [0, 0.05) is 29.8 Å². The number of rotatable bonds is 6. The number of nitrogens with one attached hydrogen (secondary N) is 1. The van der Waals surface area contributed by atoms with Gasteiger partial charge in [-0.05, 0) is 25.5 Å². The number of benzene rings is 2. The van der Waals surface area contributed by atoms with Gasteiger partial charge in [-0.25, -0.2) is 8.42 Å². The van der Waals surface area contributed by atoms with Gasteiger partial charge in [0.15, 0.2) is 5.76 Å². The van der Waals surface area contributed by atoms with Gasteiger partial charge in [-0.2, -0.15) is 0 Å². The highest BCUT2D eigenvalue weighted by Crippen LogP contribution is 2.30. The monoisotopic (exact) mass is 388 g/mol. The van der Waals surface area contributed by atoms with Crippen LogP contribution in [0.4, 0.5) is 5.69 Å². The lowest BCUT2D eigenvalue weighted by molar-refractivity contribution is 0.395. The van der Waals surface area contributed by atoms with Crippen LogP contribution in [-0.4, -0.2) is 27.8 Å². The molecule has 142 valence electrons. The van der Waals surface area contributed by atoms with E-state index in [1.807, 2.05) is 0 Å². The molecule has 0 aliphatic carbocycles. The maximum Gasteiger partial charge on any atom is 0.262 e. The van der Waals surface area contributed by atoms with Gasteiger partial charge in [-0.15, -0.1) is 0 Å². The fourth-order valence-corrected chi connectivity index (χ4v) is 3.93. The summed E-state index contributed by atoms with van der Waals surface area (Å²) in [7, 11) is -0.841. The van der Waals surface area contributed by atoms with E-state index < -0.39 is 10.0 Å². The third-order valence-corrected chi connectivity index (χ3v) is 5.52. The van der Waals surface area contributed by atoms with Crippen molar-refractivity contribution in [2.24, 2.45) is 0 Å². The van der Waals surface area contributed by atoms with Crippen LogP contribution in [0.3, 0.4) is 0 Å². The Morgan fingerprint density at radius 2 is 1.63 bits per heavy atom. The zero-order chi connectivity index (χ0) is 19.6. The fourth-order valence-electron chi connectivity index (χ4n) is 2.62. The lowest BCUT2D eigenvalue weighted by atomic mass is 10.1. The van der Waals surface area contributed by atoms with Gasteiger partial charge >= 0.3 is 0 Å². The van der Waals surface area contributed by atoms with Crippen molar-refractivity contribution in [1.29, 1.82) is 0 Å². The summed E-state index contributed by atoms with van der Waals surface area (Å²) in [6.07, 6.45) is 0. The van der Waals surface area contributed by atoms with Crippen molar-refractivity contribution in [2.75, 3.05) is 18.9 Å². The Hall–Kier alpha value is -3.00. The van der Waals surface area contributed by atoms with E-state index in [-0.39, 0.29) is 4.90 Å². The molecule has 8 heteroatoms. The predicted octanol–water partition coefficient (Wildman–Crippen LogP) is 3.78. The highest BCUT2D eigenvalue weighted by Gasteiger charge is 2.20. The van der Waals surface area contributed by atoms with E-state index in [9.17, 15) is 8.42 Å². The van der Waals surface area contributed by atoms with Crippen molar-refractivity contribution in [2.45, 2.75) is 18.7 Å². The highest BCUT2D eigenvalue weighted by molar-refractivity contribution is 7.92. The van der Waals surface area contributed by atoms with Crippen LogP contribution in [0.5, 0.6) is 11.5 Å². The number of anilines is 1. The number of hydrogen-bond acceptors (Lipinski definition) is 6. The van der Waals surface area contributed by atoms with Gasteiger partial charge in [-0.3, -0.25) is 4.72 Å². The first-order chi connectivity index (χ1) is 12.8. The maximum absolute atomic E-state index is 13.0. The number of sulfonamides is 1. The Balaban J connectivity index is 2.00. The van der Waals surface area contributed by atoms with E-state index in [0.717, 1.165) is 5.69 Å². The van der Waals surface area contributed by atoms with Crippen LogP contribution in [0.15, 0.2) is 51.9 Å². The molecule has 1 aromatic heterocycles. The Morgan fingerprint density at radius 1 is 0.963 bits per heavy atom. The lowest BCUT2D eigenvalue weighted by Gasteiger charge is -2.13. The number of aryl methyl sites for hydroxylation is 2. The van der Waals surface area contributed by atoms with Crippen LogP contribution >= 0.6 is 0 Å². The highest BCUT2D eigenvalue weighted by atomic mass is 32.2. The van der Waals surface area contributed by atoms with Gasteiger partial charge < -0.3 is 14.0 Å². The zero-order valence-electron chi connectivity index (χ0n) is 15.4. The van der Waals surface area contributed by atoms with Crippen molar-refractivity contribution in [1.82, 2.24) is 5.16 Å². The molecule has 3 aromatic rings. The van der Waals surface area contributed by atoms with E-state index in [1.165, 1.54) is 14.2 Å². The molecule has 0 atom stereocenters. The number of methoxy groups -OCH3 is 2. The molecule has 0 unspecified atom stereocenters. The summed E-state index contributed by atoms with van der Waals surface area (Å²) in [5.74, 6) is 1.47. The Kier molecular flexibility index (Phi) is 5.09. The molecule has 0 aliphatic heterocycles. The van der Waals surface area contributed by atoms with Gasteiger partial charge in [0.1, 0.15) is 11.5 Å². The second kappa shape index (κ2) is 7.32. The van der Waals surface area contributed by atoms with Gasteiger partial charge in [0.25, 0.3) is 10.0 Å². The second-order valence-corrected chi connectivity index (χ2v) is 7.67. The third kappa shape index (κ3) is 4.06. The molecule has 2 aromatic carbocycles. The molecule has 0 saturated carbocycles. The molecule has 0 saturated heterocycles. The molecule has 1 heterocycles. The summed E-state index contributed by atoms with van der Waals surface area (Å²) in [4.78, 5) is 0.149. The molecular weight excluding hydrogens is 368 g/mol. The number of nitrogens with zero attached hydrogens (tertiary/aromatic N) is 1. The molecule has 0 amide bonds. The summed E-state index contributed by atoms with van der Waals surface area (Å²) in [6.45, 7) is 3.53. The Morgan fingerprint density at radius 3 is 2.19 bits per heavy atom. The van der Waals surface area contributed by atoms with Crippen LogP contribution in [0.25, 0.3) is 11.3 Å². The molecule has 0 fully saturated rings. The topological polar surface area (TPSA) is 90.7 Å². The number of ether oxygens (including phenoxy) is 2. The van der Waals surface area contributed by atoms with E-state index >= 15 is 0 Å². The predicted molar refractivity (Wildman–Crippen MR) is 102 cm³/mol. The number of hydrogen-bond donors (Lipinski definition) is 1. The van der Waals surface area contributed by atoms with Crippen molar-refractivity contribution in [3.05, 3.63) is 53.7 Å². The molecule has 27 heavy (non-hydrogen) atoms. The van der Waals surface area contributed by atoms with Crippen molar-refractivity contribution < 1.29 is 22.4 Å². The first-order valence-corrected chi connectivity index (χ1v) is 9.61. The molecule has 0 radical (unpaired) electrons. The zero-order valence-corrected chi connectivity index (χ0v) is 16.3. The minimum absolute atomic E-state index is 0.149. The van der Waals surface area contributed by atoms with Crippen LogP contribution in [0.1, 0.15) is 11.3 Å². The van der Waals surface area contributed by atoms with E-state index in [0.29, 0.717) is 34.1 Å². The van der Waals surface area contributed by atoms with Crippen LogP contribution in [-0.2, 0) is 10.0 Å². The minimum Gasteiger partial charge on any atom is -0.497 e. The van der Waals surface area contributed by atoms with E-state index in [4.69, 9.17) is 14.0 Å².